The van der Waals surface area contributed by atoms with Crippen LogP contribution in [0.5, 0.6) is 0 Å². The van der Waals surface area contributed by atoms with E-state index >= 15 is 0 Å². The Morgan fingerprint density at radius 1 is 1.50 bits per heavy atom. The van der Waals surface area contributed by atoms with Crippen molar-refractivity contribution in [2.24, 2.45) is 0 Å². The molecule has 0 aliphatic carbocycles. The largest absolute Gasteiger partial charge is 0.366 e. The van der Waals surface area contributed by atoms with E-state index in [2.05, 4.69) is 42.8 Å². The van der Waals surface area contributed by atoms with Gasteiger partial charge in [-0.15, -0.1) is 0 Å². The number of ether oxygens (including phenoxy) is 1. The third-order valence-electron chi connectivity index (χ3n) is 3.28. The Morgan fingerprint density at radius 3 is 2.64 bits per heavy atom. The zero-order valence-electron chi connectivity index (χ0n) is 9.48. The van der Waals surface area contributed by atoms with Crippen LogP contribution in [0.25, 0.3) is 0 Å². The van der Waals surface area contributed by atoms with Gasteiger partial charge in [-0.25, -0.2) is 0 Å². The van der Waals surface area contributed by atoms with Gasteiger partial charge in [0.25, 0.3) is 0 Å². The molecule has 0 spiro atoms. The molecule has 1 saturated heterocycles. The minimum atomic E-state index is 0.202. The highest BCUT2D eigenvalue weighted by Gasteiger charge is 2.49. The zero-order chi connectivity index (χ0) is 10.6. The molecule has 1 rings (SSSR count). The summed E-state index contributed by atoms with van der Waals surface area (Å²) in [4.78, 5) is 0. The van der Waals surface area contributed by atoms with Crippen molar-refractivity contribution in [1.29, 1.82) is 0 Å². The Morgan fingerprint density at radius 2 is 2.21 bits per heavy atom. The van der Waals surface area contributed by atoms with Gasteiger partial charge in [0.1, 0.15) is 0 Å². The van der Waals surface area contributed by atoms with Crippen LogP contribution in [0.4, 0.5) is 0 Å². The highest BCUT2D eigenvalue weighted by atomic mass is 79.9. The van der Waals surface area contributed by atoms with E-state index in [4.69, 9.17) is 4.74 Å². The summed E-state index contributed by atoms with van der Waals surface area (Å²) in [7, 11) is 0. The average molecular weight is 261 g/mol. The van der Waals surface area contributed by atoms with Gasteiger partial charge in [0.05, 0.1) is 11.7 Å². The van der Waals surface area contributed by atoms with E-state index < -0.39 is 0 Å². The Kier molecular flexibility index (Phi) is 4.65. The van der Waals surface area contributed by atoms with Crippen molar-refractivity contribution >= 4 is 15.9 Å². The van der Waals surface area contributed by atoms with E-state index in [-0.39, 0.29) is 5.60 Å². The molecule has 14 heavy (non-hydrogen) atoms. The maximum atomic E-state index is 5.69. The number of epoxide rings is 1. The standard InChI is InChI=1S/C12H21BrO/c1-4-10(8-9-13)6-7-11-12(3,5-2)14-11/h8,11H,4-7,9H2,1-3H3/b10-8+/t11-,12+/m1/s1. The van der Waals surface area contributed by atoms with Gasteiger partial charge in [0, 0.05) is 5.33 Å². The summed E-state index contributed by atoms with van der Waals surface area (Å²) in [6.07, 6.45) is 7.49. The molecule has 0 aromatic rings. The van der Waals surface area contributed by atoms with Gasteiger partial charge in [0.2, 0.25) is 0 Å². The van der Waals surface area contributed by atoms with E-state index in [1.165, 1.54) is 19.3 Å². The van der Waals surface area contributed by atoms with Crippen molar-refractivity contribution in [3.05, 3.63) is 11.6 Å². The van der Waals surface area contributed by atoms with Gasteiger partial charge in [0.15, 0.2) is 0 Å². The summed E-state index contributed by atoms with van der Waals surface area (Å²) in [5, 5.41) is 0.979. The average Bonchev–Trinajstić information content (AvgIpc) is 2.85. The lowest BCUT2D eigenvalue weighted by molar-refractivity contribution is 0.300. The molecular weight excluding hydrogens is 240 g/mol. The fourth-order valence-electron chi connectivity index (χ4n) is 1.81. The predicted molar refractivity (Wildman–Crippen MR) is 65.0 cm³/mol. The second kappa shape index (κ2) is 5.32. The van der Waals surface area contributed by atoms with Crippen LogP contribution in [-0.4, -0.2) is 17.0 Å². The lowest BCUT2D eigenvalue weighted by Gasteiger charge is -2.04. The summed E-state index contributed by atoms with van der Waals surface area (Å²) in [5.74, 6) is 0. The second-order valence-electron chi connectivity index (χ2n) is 4.18. The minimum Gasteiger partial charge on any atom is -0.366 e. The van der Waals surface area contributed by atoms with Gasteiger partial charge in [-0.1, -0.05) is 41.4 Å². The summed E-state index contributed by atoms with van der Waals surface area (Å²) in [6.45, 7) is 6.65. The molecule has 0 amide bonds. The summed E-state index contributed by atoms with van der Waals surface area (Å²) >= 11 is 3.44. The summed E-state index contributed by atoms with van der Waals surface area (Å²) in [5.41, 5.74) is 1.75. The number of allylic oxidation sites excluding steroid dienone is 2. The fraction of sp³-hybridized carbons (Fsp3) is 0.833. The number of halogens is 1. The fourth-order valence-corrected chi connectivity index (χ4v) is 2.27. The minimum absolute atomic E-state index is 0.202. The van der Waals surface area contributed by atoms with Crippen LogP contribution in [0.15, 0.2) is 11.6 Å². The Hall–Kier alpha value is 0.180. The molecule has 0 radical (unpaired) electrons. The van der Waals surface area contributed by atoms with Gasteiger partial charge >= 0.3 is 0 Å². The molecule has 82 valence electrons. The first-order chi connectivity index (χ1) is 6.66. The first-order valence-corrected chi connectivity index (χ1v) is 6.70. The number of rotatable bonds is 6. The van der Waals surface area contributed by atoms with E-state index in [0.717, 1.165) is 11.8 Å². The van der Waals surface area contributed by atoms with Gasteiger partial charge in [-0.3, -0.25) is 0 Å². The molecule has 1 aliphatic rings. The van der Waals surface area contributed by atoms with Crippen LogP contribution in [0.2, 0.25) is 0 Å². The van der Waals surface area contributed by atoms with Crippen LogP contribution >= 0.6 is 15.9 Å². The van der Waals surface area contributed by atoms with Gasteiger partial charge in [-0.05, 0) is 32.6 Å². The van der Waals surface area contributed by atoms with E-state index in [1.807, 2.05) is 0 Å². The van der Waals surface area contributed by atoms with Crippen molar-refractivity contribution in [3.8, 4) is 0 Å². The topological polar surface area (TPSA) is 12.5 Å². The normalized spacial score (nSPS) is 32.0. The van der Waals surface area contributed by atoms with Crippen molar-refractivity contribution in [2.75, 3.05) is 5.33 Å². The summed E-state index contributed by atoms with van der Waals surface area (Å²) < 4.78 is 5.69. The maximum absolute atomic E-state index is 5.69. The molecule has 0 N–H and O–H groups in total. The molecule has 2 heteroatoms. The number of hydrogen-bond acceptors (Lipinski definition) is 1. The first-order valence-electron chi connectivity index (χ1n) is 5.58. The molecule has 0 unspecified atom stereocenters. The highest BCUT2D eigenvalue weighted by Crippen LogP contribution is 2.42. The Labute approximate surface area is 96.0 Å². The molecule has 0 aromatic carbocycles. The SMILES string of the molecule is CC/C(=C\CBr)CC[C@H]1O[C@@]1(C)CC. The molecule has 1 aliphatic heterocycles. The summed E-state index contributed by atoms with van der Waals surface area (Å²) in [6, 6.07) is 0. The molecule has 2 atom stereocenters. The Bertz CT molecular complexity index is 212. The quantitative estimate of drug-likeness (QED) is 0.399. The molecule has 1 fully saturated rings. The van der Waals surface area contributed by atoms with Crippen molar-refractivity contribution in [1.82, 2.24) is 0 Å². The van der Waals surface area contributed by atoms with Crippen LogP contribution in [0.1, 0.15) is 46.5 Å². The lowest BCUT2D eigenvalue weighted by atomic mass is 9.98. The van der Waals surface area contributed by atoms with Crippen LogP contribution in [0.3, 0.4) is 0 Å². The first kappa shape index (κ1) is 12.3. The van der Waals surface area contributed by atoms with E-state index in [0.29, 0.717) is 6.10 Å². The Balaban J connectivity index is 2.25. The zero-order valence-corrected chi connectivity index (χ0v) is 11.1. The van der Waals surface area contributed by atoms with Crippen LogP contribution in [0, 0.1) is 0 Å². The molecule has 0 bridgehead atoms. The maximum Gasteiger partial charge on any atom is 0.0918 e. The number of alkyl halides is 1. The number of hydrogen-bond donors (Lipinski definition) is 0. The van der Waals surface area contributed by atoms with Crippen LogP contribution < -0.4 is 0 Å². The molecule has 1 nitrogen and oxygen atoms in total. The van der Waals surface area contributed by atoms with E-state index in [9.17, 15) is 0 Å². The van der Waals surface area contributed by atoms with Crippen molar-refractivity contribution in [2.45, 2.75) is 58.2 Å². The predicted octanol–water partition coefficient (Wildman–Crippen LogP) is 4.07. The third-order valence-corrected chi connectivity index (χ3v) is 3.61. The molecule has 0 saturated carbocycles. The molecule has 0 aromatic heterocycles. The molecular formula is C12H21BrO. The van der Waals surface area contributed by atoms with Gasteiger partial charge < -0.3 is 4.74 Å². The third kappa shape index (κ3) is 3.09. The highest BCUT2D eigenvalue weighted by molar-refractivity contribution is 9.09. The van der Waals surface area contributed by atoms with Crippen molar-refractivity contribution < 1.29 is 4.74 Å². The second-order valence-corrected chi connectivity index (χ2v) is 4.83. The van der Waals surface area contributed by atoms with Crippen LogP contribution in [-0.2, 0) is 4.74 Å². The van der Waals surface area contributed by atoms with Gasteiger partial charge in [-0.2, -0.15) is 0 Å². The smallest absolute Gasteiger partial charge is 0.0918 e. The van der Waals surface area contributed by atoms with E-state index in [1.54, 1.807) is 5.57 Å². The van der Waals surface area contributed by atoms with Crippen molar-refractivity contribution in [3.63, 3.8) is 0 Å². The molecule has 1 heterocycles. The lowest BCUT2D eigenvalue weighted by Crippen LogP contribution is -2.07. The monoisotopic (exact) mass is 260 g/mol.